The van der Waals surface area contributed by atoms with Crippen LogP contribution < -0.4 is 0 Å². The molecule has 1 rings (SSSR count). The van der Waals surface area contributed by atoms with Crippen molar-refractivity contribution in [1.29, 1.82) is 5.26 Å². The standard InChI is InChI=1S/C8H10BrNO4/c1-11-5-6(12-2)8(9,4-10)14-7(5)13-3/h7H,1-3H3. The molecule has 0 radical (unpaired) electrons. The maximum atomic E-state index is 8.91. The molecule has 1 aliphatic heterocycles. The lowest BCUT2D eigenvalue weighted by molar-refractivity contribution is -0.119. The summed E-state index contributed by atoms with van der Waals surface area (Å²) in [7, 11) is 4.34. The third-order valence-electron chi connectivity index (χ3n) is 1.78. The van der Waals surface area contributed by atoms with Crippen molar-refractivity contribution in [3.63, 3.8) is 0 Å². The van der Waals surface area contributed by atoms with Gasteiger partial charge >= 0.3 is 0 Å². The Hall–Kier alpha value is -0.770. The number of ether oxygens (including phenoxy) is 4. The van der Waals surface area contributed by atoms with Gasteiger partial charge in [0, 0.05) is 7.11 Å². The van der Waals surface area contributed by atoms with Crippen molar-refractivity contribution in [3.8, 4) is 6.07 Å². The van der Waals surface area contributed by atoms with E-state index < -0.39 is 10.8 Å². The summed E-state index contributed by atoms with van der Waals surface area (Å²) >= 11 is 3.11. The Morgan fingerprint density at radius 2 is 2.07 bits per heavy atom. The monoisotopic (exact) mass is 263 g/mol. The van der Waals surface area contributed by atoms with Crippen molar-refractivity contribution >= 4 is 15.9 Å². The first-order valence-electron chi connectivity index (χ1n) is 3.76. The summed E-state index contributed by atoms with van der Waals surface area (Å²) in [6.07, 6.45) is -0.728. The molecule has 2 atom stereocenters. The SMILES string of the molecule is COC1=C(OC)C(Br)(C#N)OC1OC. The molecule has 0 fully saturated rings. The van der Waals surface area contributed by atoms with Gasteiger partial charge in [0.2, 0.25) is 6.29 Å². The molecule has 0 aliphatic carbocycles. The predicted octanol–water partition coefficient (Wildman–Crippen LogP) is 1.11. The number of rotatable bonds is 3. The Kier molecular flexibility index (Phi) is 3.37. The summed E-state index contributed by atoms with van der Waals surface area (Å²) in [6.45, 7) is 0. The van der Waals surface area contributed by atoms with Gasteiger partial charge < -0.3 is 18.9 Å². The molecule has 0 saturated carbocycles. The van der Waals surface area contributed by atoms with Gasteiger partial charge in [-0.2, -0.15) is 5.26 Å². The van der Waals surface area contributed by atoms with Gasteiger partial charge in [-0.15, -0.1) is 0 Å². The topological polar surface area (TPSA) is 60.7 Å². The van der Waals surface area contributed by atoms with E-state index in [1.807, 2.05) is 6.07 Å². The van der Waals surface area contributed by atoms with Crippen LogP contribution in [0.4, 0.5) is 0 Å². The normalized spacial score (nSPS) is 31.5. The first-order chi connectivity index (χ1) is 6.62. The molecule has 0 spiro atoms. The average molecular weight is 264 g/mol. The lowest BCUT2D eigenvalue weighted by Gasteiger charge is -2.15. The van der Waals surface area contributed by atoms with E-state index in [9.17, 15) is 0 Å². The molecule has 0 aromatic heterocycles. The smallest absolute Gasteiger partial charge is 0.273 e. The van der Waals surface area contributed by atoms with Crippen LogP contribution >= 0.6 is 15.9 Å². The Morgan fingerprint density at radius 3 is 2.43 bits per heavy atom. The number of alkyl halides is 1. The summed E-state index contributed by atoms with van der Waals surface area (Å²) in [4.78, 5) is 0. The highest BCUT2D eigenvalue weighted by atomic mass is 79.9. The van der Waals surface area contributed by atoms with E-state index in [0.29, 0.717) is 5.76 Å². The number of halogens is 1. The van der Waals surface area contributed by atoms with Gasteiger partial charge in [-0.3, -0.25) is 0 Å². The largest absolute Gasteiger partial charge is 0.493 e. The van der Waals surface area contributed by atoms with Crippen LogP contribution in [0.3, 0.4) is 0 Å². The minimum Gasteiger partial charge on any atom is -0.493 e. The van der Waals surface area contributed by atoms with Gasteiger partial charge in [0.25, 0.3) is 4.51 Å². The van der Waals surface area contributed by atoms with E-state index >= 15 is 0 Å². The van der Waals surface area contributed by atoms with Crippen LogP contribution in [0.1, 0.15) is 0 Å². The molecule has 5 nitrogen and oxygen atoms in total. The van der Waals surface area contributed by atoms with Crippen molar-refractivity contribution in [2.75, 3.05) is 21.3 Å². The molecule has 6 heteroatoms. The van der Waals surface area contributed by atoms with Crippen LogP contribution in [0.5, 0.6) is 0 Å². The second kappa shape index (κ2) is 4.17. The van der Waals surface area contributed by atoms with Gasteiger partial charge in [-0.25, -0.2) is 0 Å². The van der Waals surface area contributed by atoms with Gasteiger partial charge in [0.1, 0.15) is 6.07 Å². The number of methoxy groups -OCH3 is 3. The second-order valence-corrected chi connectivity index (χ2v) is 3.61. The molecule has 0 saturated heterocycles. The van der Waals surface area contributed by atoms with Gasteiger partial charge in [-0.05, 0) is 15.9 Å². The molecule has 1 aliphatic rings. The molecule has 0 bridgehead atoms. The highest BCUT2D eigenvalue weighted by Gasteiger charge is 2.49. The van der Waals surface area contributed by atoms with E-state index in [-0.39, 0.29) is 5.76 Å². The second-order valence-electron chi connectivity index (χ2n) is 2.49. The van der Waals surface area contributed by atoms with Crippen molar-refractivity contribution in [2.24, 2.45) is 0 Å². The summed E-state index contributed by atoms with van der Waals surface area (Å²) in [6, 6.07) is 1.92. The van der Waals surface area contributed by atoms with Crippen LogP contribution in [-0.2, 0) is 18.9 Å². The van der Waals surface area contributed by atoms with E-state index in [1.165, 1.54) is 21.3 Å². The number of hydrogen-bond donors (Lipinski definition) is 0. The molecule has 0 aromatic rings. The number of nitrogens with zero attached hydrogens (tertiary/aromatic N) is 1. The van der Waals surface area contributed by atoms with Crippen LogP contribution in [0.15, 0.2) is 11.5 Å². The van der Waals surface area contributed by atoms with E-state index in [4.69, 9.17) is 24.2 Å². The van der Waals surface area contributed by atoms with Crippen molar-refractivity contribution < 1.29 is 18.9 Å². The van der Waals surface area contributed by atoms with E-state index in [1.54, 1.807) is 0 Å². The van der Waals surface area contributed by atoms with E-state index in [0.717, 1.165) is 0 Å². The fourth-order valence-electron chi connectivity index (χ4n) is 1.17. The van der Waals surface area contributed by atoms with Crippen LogP contribution in [-0.4, -0.2) is 32.1 Å². The highest BCUT2D eigenvalue weighted by molar-refractivity contribution is 9.10. The summed E-state index contributed by atoms with van der Waals surface area (Å²) < 4.78 is 19.0. The van der Waals surface area contributed by atoms with Crippen LogP contribution in [0, 0.1) is 11.3 Å². The molecule has 0 aromatic carbocycles. The molecular weight excluding hydrogens is 254 g/mol. The lowest BCUT2D eigenvalue weighted by Crippen LogP contribution is -2.24. The molecule has 2 unspecified atom stereocenters. The fourth-order valence-corrected chi connectivity index (χ4v) is 1.70. The Balaban J connectivity index is 3.11. The minimum atomic E-state index is -1.33. The van der Waals surface area contributed by atoms with E-state index in [2.05, 4.69) is 15.9 Å². The Labute approximate surface area is 90.3 Å². The fraction of sp³-hybridized carbons (Fsp3) is 0.625. The average Bonchev–Trinajstić information content (AvgIpc) is 2.50. The number of hydrogen-bond acceptors (Lipinski definition) is 5. The molecule has 14 heavy (non-hydrogen) atoms. The van der Waals surface area contributed by atoms with Crippen LogP contribution in [0.2, 0.25) is 0 Å². The lowest BCUT2D eigenvalue weighted by atomic mass is 10.3. The number of nitriles is 1. The van der Waals surface area contributed by atoms with Crippen LogP contribution in [0.25, 0.3) is 0 Å². The van der Waals surface area contributed by atoms with Crippen molar-refractivity contribution in [1.82, 2.24) is 0 Å². The summed E-state index contributed by atoms with van der Waals surface area (Å²) in [5.41, 5.74) is 0. The van der Waals surface area contributed by atoms with Gasteiger partial charge in [0.15, 0.2) is 11.5 Å². The highest BCUT2D eigenvalue weighted by Crippen LogP contribution is 2.41. The summed E-state index contributed by atoms with van der Waals surface area (Å²) in [5, 5.41) is 8.91. The maximum absolute atomic E-state index is 8.91. The Morgan fingerprint density at radius 1 is 1.43 bits per heavy atom. The molecule has 1 heterocycles. The quantitative estimate of drug-likeness (QED) is 0.714. The zero-order valence-electron chi connectivity index (χ0n) is 8.04. The first-order valence-corrected chi connectivity index (χ1v) is 4.55. The summed E-state index contributed by atoms with van der Waals surface area (Å²) in [5.74, 6) is 0.628. The molecule has 78 valence electrons. The zero-order chi connectivity index (χ0) is 10.8. The van der Waals surface area contributed by atoms with Gasteiger partial charge in [0.05, 0.1) is 14.2 Å². The third kappa shape index (κ3) is 1.59. The predicted molar refractivity (Wildman–Crippen MR) is 50.2 cm³/mol. The molecule has 0 amide bonds. The van der Waals surface area contributed by atoms with Gasteiger partial charge in [-0.1, -0.05) is 0 Å². The van der Waals surface area contributed by atoms with Crippen molar-refractivity contribution in [3.05, 3.63) is 11.5 Å². The maximum Gasteiger partial charge on any atom is 0.273 e. The molecular formula is C8H10BrNO4. The minimum absolute atomic E-state index is 0.273. The third-order valence-corrected chi connectivity index (χ3v) is 2.51. The first kappa shape index (κ1) is 11.3. The Bertz CT molecular complexity index is 298. The molecule has 0 N–H and O–H groups in total. The van der Waals surface area contributed by atoms with Crippen molar-refractivity contribution in [2.45, 2.75) is 10.8 Å². The zero-order valence-corrected chi connectivity index (χ0v) is 9.62.